The van der Waals surface area contributed by atoms with Gasteiger partial charge in [0.1, 0.15) is 11.4 Å². The first-order valence-corrected chi connectivity index (χ1v) is 7.55. The van der Waals surface area contributed by atoms with Crippen molar-refractivity contribution in [1.29, 1.82) is 0 Å². The number of aromatic nitrogens is 1. The minimum Gasteiger partial charge on any atom is -0.493 e. The van der Waals surface area contributed by atoms with Gasteiger partial charge in [-0.15, -0.1) is 13.2 Å². The molecule has 1 heterocycles. The van der Waals surface area contributed by atoms with Gasteiger partial charge in [0.2, 0.25) is 0 Å². The first-order chi connectivity index (χ1) is 11.9. The minimum atomic E-state index is -4.88. The van der Waals surface area contributed by atoms with E-state index >= 15 is 0 Å². The Kier molecular flexibility index (Phi) is 5.59. The molecule has 4 nitrogen and oxygen atoms in total. The van der Waals surface area contributed by atoms with Gasteiger partial charge in [-0.3, -0.25) is 0 Å². The monoisotopic (exact) mass is 445 g/mol. The average Bonchev–Trinajstić information content (AvgIpc) is 2.50. The molecule has 0 unspecified atom stereocenters. The number of nitrogens with zero attached hydrogens (tertiary/aromatic N) is 1. The molecule has 0 N–H and O–H groups in total. The smallest absolute Gasteiger partial charge is 0.493 e. The highest BCUT2D eigenvalue weighted by molar-refractivity contribution is 9.10. The van der Waals surface area contributed by atoms with Crippen LogP contribution in [-0.2, 0) is 6.18 Å². The number of hydrogen-bond acceptors (Lipinski definition) is 4. The fourth-order valence-electron chi connectivity index (χ4n) is 1.97. The van der Waals surface area contributed by atoms with Crippen molar-refractivity contribution in [3.63, 3.8) is 0 Å². The summed E-state index contributed by atoms with van der Waals surface area (Å²) in [5.41, 5.74) is -1.29. The summed E-state index contributed by atoms with van der Waals surface area (Å²) in [7, 11) is 1.19. The van der Waals surface area contributed by atoms with Gasteiger partial charge in [-0.1, -0.05) is 0 Å². The highest BCUT2D eigenvalue weighted by Gasteiger charge is 2.36. The number of pyridine rings is 1. The van der Waals surface area contributed by atoms with Gasteiger partial charge in [-0.2, -0.15) is 13.2 Å². The van der Waals surface area contributed by atoms with E-state index in [1.807, 2.05) is 0 Å². The number of hydrogen-bond donors (Lipinski definition) is 0. The van der Waals surface area contributed by atoms with Crippen molar-refractivity contribution in [1.82, 2.24) is 4.98 Å². The summed E-state index contributed by atoms with van der Waals surface area (Å²) >= 11 is 3.00. The quantitative estimate of drug-likeness (QED) is 0.551. The molecule has 0 aliphatic heterocycles. The molecule has 0 radical (unpaired) electrons. The van der Waals surface area contributed by atoms with Crippen LogP contribution in [0.25, 0.3) is 0 Å². The van der Waals surface area contributed by atoms with Crippen LogP contribution in [0, 0.1) is 6.92 Å². The number of ether oxygens (including phenoxy) is 3. The van der Waals surface area contributed by atoms with E-state index in [0.29, 0.717) is 0 Å². The predicted octanol–water partition coefficient (Wildman–Crippen LogP) is 5.87. The van der Waals surface area contributed by atoms with Gasteiger partial charge in [-0.25, -0.2) is 4.98 Å². The van der Waals surface area contributed by atoms with E-state index in [9.17, 15) is 26.3 Å². The second kappa shape index (κ2) is 7.22. The molecular weight excluding hydrogens is 436 g/mol. The Balaban J connectivity index is 2.35. The van der Waals surface area contributed by atoms with Crippen LogP contribution in [0.5, 0.6) is 23.0 Å². The van der Waals surface area contributed by atoms with Gasteiger partial charge < -0.3 is 14.2 Å². The van der Waals surface area contributed by atoms with Crippen molar-refractivity contribution in [3.05, 3.63) is 40.1 Å². The molecule has 0 fully saturated rings. The lowest BCUT2D eigenvalue weighted by atomic mass is 10.2. The fraction of sp³-hybridized carbons (Fsp3) is 0.267. The van der Waals surface area contributed by atoms with Crippen LogP contribution in [-0.4, -0.2) is 18.5 Å². The van der Waals surface area contributed by atoms with Gasteiger partial charge in [0.15, 0.2) is 17.2 Å². The average molecular weight is 446 g/mol. The number of halogens is 7. The Bertz CT molecular complexity index is 807. The summed E-state index contributed by atoms with van der Waals surface area (Å²) in [5.74, 6) is -0.763. The largest absolute Gasteiger partial charge is 0.573 e. The van der Waals surface area contributed by atoms with Crippen LogP contribution in [0.1, 0.15) is 11.3 Å². The number of alkyl halides is 6. The lowest BCUT2D eigenvalue weighted by Gasteiger charge is -2.16. The summed E-state index contributed by atoms with van der Waals surface area (Å²) in [5, 5.41) is 0. The molecule has 1 aromatic heterocycles. The van der Waals surface area contributed by atoms with Crippen molar-refractivity contribution in [2.24, 2.45) is 0 Å². The van der Waals surface area contributed by atoms with Crippen LogP contribution in [0.4, 0.5) is 26.3 Å². The maximum Gasteiger partial charge on any atom is 0.573 e. The molecule has 11 heteroatoms. The minimum absolute atomic E-state index is 0.00232. The summed E-state index contributed by atoms with van der Waals surface area (Å²) in [4.78, 5) is 3.33. The lowest BCUT2D eigenvalue weighted by Crippen LogP contribution is -2.17. The standard InChI is InChI=1S/C15H10BrF6NO3/c1-7-12(16)11(6-23-13(7)14(17,18)19)25-9-4-3-8(5-10(9)24-2)26-15(20,21)22/h3-6H,1-2H3. The molecule has 0 bridgehead atoms. The molecule has 0 amide bonds. The normalized spacial score (nSPS) is 12.0. The van der Waals surface area contributed by atoms with Crippen LogP contribution in [0.3, 0.4) is 0 Å². The van der Waals surface area contributed by atoms with Crippen molar-refractivity contribution >= 4 is 15.9 Å². The highest BCUT2D eigenvalue weighted by Crippen LogP contribution is 2.41. The molecule has 0 aliphatic carbocycles. The van der Waals surface area contributed by atoms with Crippen molar-refractivity contribution in [2.75, 3.05) is 7.11 Å². The SMILES string of the molecule is COc1cc(OC(F)(F)F)ccc1Oc1cnc(C(F)(F)F)c(C)c1Br. The van der Waals surface area contributed by atoms with Crippen LogP contribution in [0.2, 0.25) is 0 Å². The zero-order chi connectivity index (χ0) is 19.7. The molecule has 2 aromatic rings. The second-order valence-electron chi connectivity index (χ2n) is 4.87. The van der Waals surface area contributed by atoms with E-state index in [2.05, 4.69) is 25.7 Å². The van der Waals surface area contributed by atoms with Gasteiger partial charge >= 0.3 is 12.5 Å². The fourth-order valence-corrected chi connectivity index (χ4v) is 2.34. The molecule has 0 saturated heterocycles. The summed E-state index contributed by atoms with van der Waals surface area (Å²) in [6.07, 6.45) is -8.68. The highest BCUT2D eigenvalue weighted by atomic mass is 79.9. The van der Waals surface area contributed by atoms with Crippen LogP contribution in [0.15, 0.2) is 28.9 Å². The Labute approximate surface area is 151 Å². The zero-order valence-electron chi connectivity index (χ0n) is 13.1. The zero-order valence-corrected chi connectivity index (χ0v) is 14.7. The summed E-state index contributed by atoms with van der Waals surface area (Å²) in [6.45, 7) is 1.20. The molecule has 0 atom stereocenters. The predicted molar refractivity (Wildman–Crippen MR) is 81.4 cm³/mol. The Morgan fingerprint density at radius 3 is 2.19 bits per heavy atom. The first kappa shape index (κ1) is 20.1. The van der Waals surface area contributed by atoms with Gasteiger partial charge in [0, 0.05) is 6.07 Å². The maximum absolute atomic E-state index is 12.8. The molecule has 142 valence electrons. The summed E-state index contributed by atoms with van der Waals surface area (Å²) in [6, 6.07) is 3.03. The first-order valence-electron chi connectivity index (χ1n) is 6.76. The van der Waals surface area contributed by atoms with E-state index in [1.54, 1.807) is 0 Å². The Morgan fingerprint density at radius 1 is 1.00 bits per heavy atom. The van der Waals surface area contributed by atoms with E-state index < -0.39 is 24.0 Å². The van der Waals surface area contributed by atoms with Gasteiger partial charge in [-0.05, 0) is 40.5 Å². The lowest BCUT2D eigenvalue weighted by molar-refractivity contribution is -0.274. The molecule has 0 aliphatic rings. The number of benzene rings is 1. The van der Waals surface area contributed by atoms with Crippen LogP contribution < -0.4 is 14.2 Å². The molecule has 0 spiro atoms. The Hall–Kier alpha value is -2.17. The van der Waals surface area contributed by atoms with Crippen molar-refractivity contribution in [2.45, 2.75) is 19.5 Å². The van der Waals surface area contributed by atoms with E-state index in [0.717, 1.165) is 24.4 Å². The van der Waals surface area contributed by atoms with Crippen molar-refractivity contribution in [3.8, 4) is 23.0 Å². The van der Waals surface area contributed by atoms with Gasteiger partial charge in [0.25, 0.3) is 0 Å². The Morgan fingerprint density at radius 2 is 1.65 bits per heavy atom. The molecular formula is C15H10BrF6NO3. The van der Waals surface area contributed by atoms with E-state index in [-0.39, 0.29) is 27.3 Å². The summed E-state index contributed by atoms with van der Waals surface area (Å²) < 4.78 is 89.4. The third kappa shape index (κ3) is 4.71. The number of methoxy groups -OCH3 is 1. The molecule has 2 rings (SSSR count). The van der Waals surface area contributed by atoms with E-state index in [1.165, 1.54) is 14.0 Å². The van der Waals surface area contributed by atoms with E-state index in [4.69, 9.17) is 9.47 Å². The topological polar surface area (TPSA) is 40.6 Å². The third-order valence-electron chi connectivity index (χ3n) is 3.07. The van der Waals surface area contributed by atoms with Crippen LogP contribution >= 0.6 is 15.9 Å². The molecule has 26 heavy (non-hydrogen) atoms. The number of rotatable bonds is 4. The maximum atomic E-state index is 12.8. The third-order valence-corrected chi connectivity index (χ3v) is 4.05. The van der Waals surface area contributed by atoms with Gasteiger partial charge in [0.05, 0.1) is 17.8 Å². The molecule has 0 saturated carbocycles. The molecule has 1 aromatic carbocycles. The van der Waals surface area contributed by atoms with Crippen molar-refractivity contribution < 1.29 is 40.6 Å². The second-order valence-corrected chi connectivity index (χ2v) is 5.66.